The second-order valence-corrected chi connectivity index (χ2v) is 7.30. The molecule has 148 valence electrons. The molecule has 0 fully saturated rings. The number of hydrogen-bond acceptors (Lipinski definition) is 4. The molecule has 0 amide bonds. The first-order chi connectivity index (χ1) is 13.7. The number of guanidine groups is 1. The molecule has 0 saturated heterocycles. The third-order valence-electron chi connectivity index (χ3n) is 4.23. The summed E-state index contributed by atoms with van der Waals surface area (Å²) in [4.78, 5) is 5.97. The van der Waals surface area contributed by atoms with Gasteiger partial charge in [0.1, 0.15) is 18.0 Å². The third kappa shape index (κ3) is 6.16. The molecule has 2 N–H and O–H groups in total. The number of thiophene rings is 1. The van der Waals surface area contributed by atoms with Crippen molar-refractivity contribution in [3.05, 3.63) is 70.2 Å². The van der Waals surface area contributed by atoms with Crippen LogP contribution in [0.2, 0.25) is 0 Å². The molecular formula is C20H25FN6S. The van der Waals surface area contributed by atoms with Crippen molar-refractivity contribution in [1.82, 2.24) is 25.4 Å². The molecule has 0 aliphatic carbocycles. The fraction of sp³-hybridized carbons (Fsp3) is 0.350. The number of rotatable bonds is 9. The molecule has 0 radical (unpaired) electrons. The molecular weight excluding hydrogens is 375 g/mol. The van der Waals surface area contributed by atoms with Crippen LogP contribution < -0.4 is 10.6 Å². The summed E-state index contributed by atoms with van der Waals surface area (Å²) in [5, 5.41) is 16.9. The molecule has 0 atom stereocenters. The quantitative estimate of drug-likeness (QED) is 0.428. The third-order valence-corrected chi connectivity index (χ3v) is 5.17. The van der Waals surface area contributed by atoms with Gasteiger partial charge in [-0.1, -0.05) is 25.1 Å². The fourth-order valence-corrected chi connectivity index (χ4v) is 3.44. The molecule has 8 heteroatoms. The van der Waals surface area contributed by atoms with Gasteiger partial charge in [-0.05, 0) is 35.6 Å². The Hall–Kier alpha value is -2.74. The highest BCUT2D eigenvalue weighted by atomic mass is 32.1. The van der Waals surface area contributed by atoms with Crippen molar-refractivity contribution in [3.63, 3.8) is 0 Å². The van der Waals surface area contributed by atoms with Crippen molar-refractivity contribution in [2.75, 3.05) is 13.1 Å². The number of aryl methyl sites for hydroxylation is 1. The maximum Gasteiger partial charge on any atom is 0.191 e. The van der Waals surface area contributed by atoms with E-state index in [1.807, 2.05) is 4.57 Å². The van der Waals surface area contributed by atoms with E-state index < -0.39 is 0 Å². The second kappa shape index (κ2) is 10.6. The highest BCUT2D eigenvalue weighted by molar-refractivity contribution is 7.09. The van der Waals surface area contributed by atoms with Crippen molar-refractivity contribution >= 4 is 17.3 Å². The lowest BCUT2D eigenvalue weighted by Crippen LogP contribution is -2.40. The maximum atomic E-state index is 13.1. The van der Waals surface area contributed by atoms with Crippen LogP contribution >= 0.6 is 11.3 Å². The van der Waals surface area contributed by atoms with Crippen molar-refractivity contribution in [1.29, 1.82) is 0 Å². The molecule has 0 aliphatic heterocycles. The van der Waals surface area contributed by atoms with E-state index in [1.165, 1.54) is 17.0 Å². The predicted molar refractivity (Wildman–Crippen MR) is 111 cm³/mol. The summed E-state index contributed by atoms with van der Waals surface area (Å²) in [5.74, 6) is 1.48. The number of nitrogens with zero attached hydrogens (tertiary/aromatic N) is 4. The lowest BCUT2D eigenvalue weighted by Gasteiger charge is -2.13. The number of hydrogen-bond donors (Lipinski definition) is 2. The second-order valence-electron chi connectivity index (χ2n) is 6.27. The Morgan fingerprint density at radius 2 is 2.00 bits per heavy atom. The van der Waals surface area contributed by atoms with Gasteiger partial charge in [-0.25, -0.2) is 9.38 Å². The van der Waals surface area contributed by atoms with Gasteiger partial charge in [0.05, 0.1) is 6.54 Å². The van der Waals surface area contributed by atoms with Crippen LogP contribution in [0.3, 0.4) is 0 Å². The Morgan fingerprint density at radius 1 is 1.18 bits per heavy atom. The van der Waals surface area contributed by atoms with Crippen molar-refractivity contribution < 1.29 is 4.39 Å². The average molecular weight is 401 g/mol. The fourth-order valence-electron chi connectivity index (χ4n) is 2.73. The normalized spacial score (nSPS) is 11.6. The van der Waals surface area contributed by atoms with Gasteiger partial charge in [0.25, 0.3) is 0 Å². The molecule has 0 spiro atoms. The van der Waals surface area contributed by atoms with Crippen LogP contribution in [0.1, 0.15) is 23.2 Å². The summed E-state index contributed by atoms with van der Waals surface area (Å²) < 4.78 is 15.1. The predicted octanol–water partition coefficient (Wildman–Crippen LogP) is 3.02. The first-order valence-electron chi connectivity index (χ1n) is 9.40. The van der Waals surface area contributed by atoms with Crippen LogP contribution in [0, 0.1) is 5.82 Å². The summed E-state index contributed by atoms with van der Waals surface area (Å²) in [7, 11) is 0. The van der Waals surface area contributed by atoms with Crippen LogP contribution in [0.5, 0.6) is 0 Å². The summed E-state index contributed by atoms with van der Waals surface area (Å²) in [6.45, 7) is 4.82. The van der Waals surface area contributed by atoms with E-state index in [0.717, 1.165) is 43.3 Å². The highest BCUT2D eigenvalue weighted by Gasteiger charge is 2.03. The molecule has 0 unspecified atom stereocenters. The van der Waals surface area contributed by atoms with Gasteiger partial charge in [0.2, 0.25) is 0 Å². The first kappa shape index (κ1) is 20.0. The Bertz CT molecular complexity index is 857. The standard InChI is InChI=1S/C20H25FN6S/c1-2-19-26-25-15-27(19)12-11-23-20(22-10-9-18-4-3-13-28-18)24-14-16-5-7-17(21)8-6-16/h3-8,13,15H,2,9-12,14H2,1H3,(H2,22,23,24). The summed E-state index contributed by atoms with van der Waals surface area (Å²) >= 11 is 1.75. The van der Waals surface area contributed by atoms with Gasteiger partial charge in [-0.3, -0.25) is 0 Å². The minimum Gasteiger partial charge on any atom is -0.356 e. The smallest absolute Gasteiger partial charge is 0.191 e. The number of halogens is 1. The molecule has 2 aromatic heterocycles. The number of aliphatic imine (C=N–C) groups is 1. The lowest BCUT2D eigenvalue weighted by atomic mass is 10.2. The Labute approximate surface area is 168 Å². The number of nitrogens with one attached hydrogen (secondary N) is 2. The van der Waals surface area contributed by atoms with Gasteiger partial charge in [-0.15, -0.1) is 21.5 Å². The van der Waals surface area contributed by atoms with Crippen molar-refractivity contribution in [3.8, 4) is 0 Å². The van der Waals surface area contributed by atoms with Crippen LogP contribution in [0.25, 0.3) is 0 Å². The topological polar surface area (TPSA) is 67.1 Å². The Balaban J connectivity index is 1.55. The van der Waals surface area contributed by atoms with E-state index in [9.17, 15) is 4.39 Å². The zero-order valence-corrected chi connectivity index (χ0v) is 16.8. The summed E-state index contributed by atoms with van der Waals surface area (Å²) in [6, 6.07) is 10.6. The van der Waals surface area contributed by atoms with Crippen molar-refractivity contribution in [2.24, 2.45) is 4.99 Å². The zero-order chi connectivity index (χ0) is 19.6. The molecule has 2 heterocycles. The van der Waals surface area contributed by atoms with E-state index in [0.29, 0.717) is 13.1 Å². The van der Waals surface area contributed by atoms with Gasteiger partial charge in [0.15, 0.2) is 5.96 Å². The first-order valence-corrected chi connectivity index (χ1v) is 10.3. The highest BCUT2D eigenvalue weighted by Crippen LogP contribution is 2.08. The van der Waals surface area contributed by atoms with Crippen LogP contribution in [-0.2, 0) is 25.9 Å². The van der Waals surface area contributed by atoms with Gasteiger partial charge in [0, 0.05) is 30.9 Å². The number of benzene rings is 1. The largest absolute Gasteiger partial charge is 0.356 e. The van der Waals surface area contributed by atoms with Crippen LogP contribution in [-0.4, -0.2) is 33.8 Å². The molecule has 0 bridgehead atoms. The van der Waals surface area contributed by atoms with Crippen LogP contribution in [0.15, 0.2) is 53.1 Å². The zero-order valence-electron chi connectivity index (χ0n) is 15.9. The monoisotopic (exact) mass is 400 g/mol. The average Bonchev–Trinajstić information content (AvgIpc) is 3.38. The molecule has 28 heavy (non-hydrogen) atoms. The Kier molecular flexibility index (Phi) is 7.54. The summed E-state index contributed by atoms with van der Waals surface area (Å²) in [5.41, 5.74) is 0.966. The van der Waals surface area contributed by atoms with Gasteiger partial charge >= 0.3 is 0 Å². The molecule has 6 nitrogen and oxygen atoms in total. The molecule has 0 saturated carbocycles. The molecule has 3 rings (SSSR count). The van der Waals surface area contributed by atoms with Crippen LogP contribution in [0.4, 0.5) is 4.39 Å². The minimum absolute atomic E-state index is 0.235. The van der Waals surface area contributed by atoms with E-state index in [1.54, 1.807) is 29.8 Å². The molecule has 1 aromatic carbocycles. The molecule has 0 aliphatic rings. The summed E-state index contributed by atoms with van der Waals surface area (Å²) in [6.07, 6.45) is 3.55. The van der Waals surface area contributed by atoms with Gasteiger partial charge < -0.3 is 15.2 Å². The van der Waals surface area contributed by atoms with E-state index in [2.05, 4.69) is 50.3 Å². The lowest BCUT2D eigenvalue weighted by molar-refractivity contribution is 0.626. The van der Waals surface area contributed by atoms with E-state index >= 15 is 0 Å². The maximum absolute atomic E-state index is 13.1. The molecule has 3 aromatic rings. The van der Waals surface area contributed by atoms with Gasteiger partial charge in [-0.2, -0.15) is 0 Å². The van der Waals surface area contributed by atoms with Crippen molar-refractivity contribution in [2.45, 2.75) is 32.9 Å². The number of aromatic nitrogens is 3. The Morgan fingerprint density at radius 3 is 2.75 bits per heavy atom. The van der Waals surface area contributed by atoms with E-state index in [4.69, 9.17) is 0 Å². The van der Waals surface area contributed by atoms with E-state index in [-0.39, 0.29) is 5.82 Å². The minimum atomic E-state index is -0.235. The SMILES string of the molecule is CCc1nncn1CCNC(=NCc1ccc(F)cc1)NCCc1cccs1.